The van der Waals surface area contributed by atoms with Gasteiger partial charge in [-0.25, -0.2) is 13.1 Å². The van der Waals surface area contributed by atoms with Crippen LogP contribution in [0.3, 0.4) is 0 Å². The van der Waals surface area contributed by atoms with Gasteiger partial charge in [-0.3, -0.25) is 15.0 Å². The van der Waals surface area contributed by atoms with Crippen LogP contribution in [0.15, 0.2) is 58.2 Å². The summed E-state index contributed by atoms with van der Waals surface area (Å²) < 4.78 is 31.1. The van der Waals surface area contributed by atoms with Crippen LogP contribution in [0.1, 0.15) is 30.3 Å². The van der Waals surface area contributed by atoms with Crippen LogP contribution in [-0.2, 0) is 16.6 Å². The minimum Gasteiger partial charge on any atom is -0.497 e. The number of carbonyl (C=O) groups excluding carboxylic acids is 1. The van der Waals surface area contributed by atoms with E-state index in [-0.39, 0.29) is 16.1 Å². The molecule has 0 bridgehead atoms. The highest BCUT2D eigenvalue weighted by Gasteiger charge is 2.20. The van der Waals surface area contributed by atoms with Crippen LogP contribution >= 0.6 is 0 Å². The summed E-state index contributed by atoms with van der Waals surface area (Å²) in [5.41, 5.74) is 1.84. The molecule has 3 aromatic rings. The average molecular weight is 430 g/mol. The molecule has 158 valence electrons. The van der Waals surface area contributed by atoms with E-state index in [9.17, 15) is 18.0 Å². The molecule has 0 fully saturated rings. The number of unbranched alkanes of at least 4 members (excludes halogenated alkanes) is 1. The highest BCUT2D eigenvalue weighted by Crippen LogP contribution is 2.16. The molecule has 0 aliphatic rings. The number of ether oxygens (including phenoxy) is 1. The number of aryl methyl sites for hydroxylation is 1. The number of aromatic nitrogens is 2. The van der Waals surface area contributed by atoms with Crippen LogP contribution in [0.25, 0.3) is 10.8 Å². The number of fused-ring (bicyclic) bond motifs is 1. The third-order valence-corrected chi connectivity index (χ3v) is 5.74. The Balaban J connectivity index is 1.89. The van der Waals surface area contributed by atoms with Crippen LogP contribution in [-0.4, -0.2) is 31.2 Å². The minimum atomic E-state index is -4.01. The maximum absolute atomic E-state index is 12.7. The third kappa shape index (κ3) is 4.50. The Labute approximate surface area is 173 Å². The smallest absolute Gasteiger partial charge is 0.287 e. The predicted molar refractivity (Wildman–Crippen MR) is 112 cm³/mol. The monoisotopic (exact) mass is 430 g/mol. The van der Waals surface area contributed by atoms with Crippen LogP contribution in [0, 0.1) is 0 Å². The molecule has 0 unspecified atom stereocenters. The molecule has 0 aliphatic carbocycles. The first-order valence-corrected chi connectivity index (χ1v) is 10.8. The third-order valence-electron chi connectivity index (χ3n) is 4.47. The predicted octanol–water partition coefficient (Wildman–Crippen LogP) is 1.83. The Hall–Kier alpha value is -3.24. The molecule has 1 amide bonds. The molecule has 0 spiro atoms. The normalized spacial score (nSPS) is 11.4. The average Bonchev–Trinajstić information content (AvgIpc) is 2.77. The first-order valence-electron chi connectivity index (χ1n) is 9.33. The standard InChI is InChI=1S/C20H22N4O5S/c1-3-4-13-24-20(26)17-8-6-5-7-16(17)18(22-24)19(25)21-23-30(27,28)15-11-9-14(29-2)10-12-15/h5-12,23H,3-4,13H2,1-2H3,(H,21,25). The molecule has 30 heavy (non-hydrogen) atoms. The van der Waals surface area contributed by atoms with Crippen molar-refractivity contribution in [3.63, 3.8) is 0 Å². The van der Waals surface area contributed by atoms with E-state index in [2.05, 4.69) is 15.4 Å². The van der Waals surface area contributed by atoms with Crippen LogP contribution in [0.2, 0.25) is 0 Å². The fourth-order valence-electron chi connectivity index (χ4n) is 2.85. The molecule has 1 heterocycles. The zero-order valence-corrected chi connectivity index (χ0v) is 17.4. The van der Waals surface area contributed by atoms with E-state index in [1.165, 1.54) is 36.1 Å². The zero-order valence-electron chi connectivity index (χ0n) is 16.6. The van der Waals surface area contributed by atoms with Crippen LogP contribution in [0.5, 0.6) is 5.75 Å². The molecule has 9 nitrogen and oxygen atoms in total. The van der Waals surface area contributed by atoms with Gasteiger partial charge in [0.2, 0.25) is 0 Å². The van der Waals surface area contributed by atoms with Crippen molar-refractivity contribution in [3.05, 3.63) is 64.6 Å². The van der Waals surface area contributed by atoms with Crippen molar-refractivity contribution in [1.82, 2.24) is 20.0 Å². The fraction of sp³-hybridized carbons (Fsp3) is 0.250. The molecule has 0 saturated carbocycles. The van der Waals surface area contributed by atoms with Gasteiger partial charge < -0.3 is 4.74 Å². The molecule has 1 aromatic heterocycles. The van der Waals surface area contributed by atoms with E-state index in [0.717, 1.165) is 12.8 Å². The van der Waals surface area contributed by atoms with Crippen molar-refractivity contribution in [2.24, 2.45) is 0 Å². The van der Waals surface area contributed by atoms with E-state index < -0.39 is 15.9 Å². The van der Waals surface area contributed by atoms with Gasteiger partial charge >= 0.3 is 0 Å². The van der Waals surface area contributed by atoms with E-state index in [1.807, 2.05) is 6.92 Å². The van der Waals surface area contributed by atoms with Crippen LogP contribution < -0.4 is 20.6 Å². The van der Waals surface area contributed by atoms with Crippen molar-refractivity contribution in [2.45, 2.75) is 31.2 Å². The van der Waals surface area contributed by atoms with Gasteiger partial charge in [0.1, 0.15) is 5.75 Å². The van der Waals surface area contributed by atoms with Gasteiger partial charge in [-0.2, -0.15) is 5.10 Å². The van der Waals surface area contributed by atoms with Gasteiger partial charge in [0.25, 0.3) is 21.5 Å². The summed E-state index contributed by atoms with van der Waals surface area (Å²) >= 11 is 0. The highest BCUT2D eigenvalue weighted by molar-refractivity contribution is 7.89. The second-order valence-electron chi connectivity index (χ2n) is 6.51. The lowest BCUT2D eigenvalue weighted by atomic mass is 10.1. The number of benzene rings is 2. The number of nitrogens with zero attached hydrogens (tertiary/aromatic N) is 2. The lowest BCUT2D eigenvalue weighted by Crippen LogP contribution is -2.42. The maximum Gasteiger partial charge on any atom is 0.287 e. The van der Waals surface area contributed by atoms with Crippen molar-refractivity contribution in [1.29, 1.82) is 0 Å². The summed E-state index contributed by atoms with van der Waals surface area (Å²) in [6.07, 6.45) is 1.57. The minimum absolute atomic E-state index is 0.0428. The molecule has 0 aliphatic heterocycles. The van der Waals surface area contributed by atoms with Gasteiger partial charge in [-0.05, 0) is 36.8 Å². The second kappa shape index (κ2) is 9.06. The van der Waals surface area contributed by atoms with E-state index in [1.54, 1.807) is 24.3 Å². The van der Waals surface area contributed by atoms with Gasteiger partial charge in [0.15, 0.2) is 5.69 Å². The van der Waals surface area contributed by atoms with Gasteiger partial charge in [-0.15, -0.1) is 4.83 Å². The highest BCUT2D eigenvalue weighted by atomic mass is 32.2. The van der Waals surface area contributed by atoms with E-state index in [0.29, 0.717) is 23.1 Å². The molecule has 0 atom stereocenters. The number of hydrazine groups is 1. The summed E-state index contributed by atoms with van der Waals surface area (Å²) in [6, 6.07) is 12.3. The van der Waals surface area contributed by atoms with Gasteiger partial charge in [0.05, 0.1) is 17.4 Å². The Bertz CT molecular complexity index is 1220. The van der Waals surface area contributed by atoms with Gasteiger partial charge in [0, 0.05) is 11.9 Å². The molecule has 0 radical (unpaired) electrons. The number of methoxy groups -OCH3 is 1. The fourth-order valence-corrected chi connectivity index (χ4v) is 3.69. The van der Waals surface area contributed by atoms with Crippen molar-refractivity contribution >= 4 is 26.7 Å². The summed E-state index contributed by atoms with van der Waals surface area (Å²) in [5.74, 6) is -0.267. The summed E-state index contributed by atoms with van der Waals surface area (Å²) in [5, 5.41) is 4.86. The number of nitrogens with one attached hydrogen (secondary N) is 2. The maximum atomic E-state index is 12.7. The summed E-state index contributed by atoms with van der Waals surface area (Å²) in [6.45, 7) is 2.34. The molecule has 10 heteroatoms. The van der Waals surface area contributed by atoms with E-state index >= 15 is 0 Å². The molecular formula is C20H22N4O5S. The number of amides is 1. The Morgan fingerprint density at radius 1 is 1.10 bits per heavy atom. The molecule has 2 aromatic carbocycles. The first-order chi connectivity index (χ1) is 14.4. The topological polar surface area (TPSA) is 119 Å². The van der Waals surface area contributed by atoms with Crippen LogP contribution in [0.4, 0.5) is 0 Å². The molecule has 3 rings (SSSR count). The first kappa shape index (κ1) is 21.5. The van der Waals surface area contributed by atoms with E-state index in [4.69, 9.17) is 4.74 Å². The number of rotatable bonds is 8. The molecule has 2 N–H and O–H groups in total. The number of hydrogen-bond acceptors (Lipinski definition) is 6. The largest absolute Gasteiger partial charge is 0.497 e. The zero-order chi connectivity index (χ0) is 21.7. The Morgan fingerprint density at radius 2 is 1.77 bits per heavy atom. The lowest BCUT2D eigenvalue weighted by Gasteiger charge is -2.12. The van der Waals surface area contributed by atoms with Crippen molar-refractivity contribution in [3.8, 4) is 5.75 Å². The number of sulfonamides is 1. The Kier molecular flexibility index (Phi) is 6.48. The lowest BCUT2D eigenvalue weighted by molar-refractivity contribution is 0.0939. The molecule has 0 saturated heterocycles. The second-order valence-corrected chi connectivity index (χ2v) is 8.19. The quantitative estimate of drug-likeness (QED) is 0.526. The van der Waals surface area contributed by atoms with Crippen molar-refractivity contribution in [2.75, 3.05) is 7.11 Å². The molecular weight excluding hydrogens is 408 g/mol. The van der Waals surface area contributed by atoms with Gasteiger partial charge in [-0.1, -0.05) is 31.5 Å². The SMILES string of the molecule is CCCCn1nc(C(=O)NNS(=O)(=O)c2ccc(OC)cc2)c2ccccc2c1=O. The Morgan fingerprint density at radius 3 is 2.40 bits per heavy atom. The summed E-state index contributed by atoms with van der Waals surface area (Å²) in [7, 11) is -2.54. The summed E-state index contributed by atoms with van der Waals surface area (Å²) in [4.78, 5) is 27.4. The number of hydrogen-bond donors (Lipinski definition) is 2. The number of carbonyl (C=O) groups is 1. The van der Waals surface area contributed by atoms with Crippen molar-refractivity contribution < 1.29 is 17.9 Å².